The monoisotopic (exact) mass is 198 g/mol. The van der Waals surface area contributed by atoms with E-state index in [0.29, 0.717) is 0 Å². The van der Waals surface area contributed by atoms with Crippen molar-refractivity contribution < 1.29 is 4.42 Å². The third kappa shape index (κ3) is 1.32. The van der Waals surface area contributed by atoms with Gasteiger partial charge < -0.3 is 8.82 Å². The largest absolute Gasteiger partial charge is 0.463 e. The normalized spacial score (nSPS) is 11.0. The maximum absolute atomic E-state index is 5.30. The van der Waals surface area contributed by atoms with Crippen LogP contribution in [0.15, 0.2) is 47.3 Å². The zero-order chi connectivity index (χ0) is 10.3. The van der Waals surface area contributed by atoms with Crippen LogP contribution in [0.3, 0.4) is 0 Å². The van der Waals surface area contributed by atoms with Gasteiger partial charge in [-0.05, 0) is 36.8 Å². The maximum atomic E-state index is 5.30. The van der Waals surface area contributed by atoms with E-state index in [-0.39, 0.29) is 0 Å². The zero-order valence-corrected chi connectivity index (χ0v) is 8.34. The summed E-state index contributed by atoms with van der Waals surface area (Å²) in [6.45, 7) is 2.06. The number of aryl methyl sites for hydroxylation is 1. The molecule has 3 aromatic rings. The molecule has 0 saturated carbocycles. The predicted molar refractivity (Wildman–Crippen MR) is 57.6 cm³/mol. The van der Waals surface area contributed by atoms with Crippen molar-refractivity contribution in [3.05, 3.63) is 48.5 Å². The fourth-order valence-electron chi connectivity index (χ4n) is 1.63. The molecule has 0 saturated heterocycles. The molecule has 3 aromatic heterocycles. The van der Waals surface area contributed by atoms with Crippen LogP contribution < -0.4 is 0 Å². The molecule has 0 fully saturated rings. The molecule has 0 bridgehead atoms. The van der Waals surface area contributed by atoms with E-state index in [2.05, 4.69) is 18.0 Å². The molecule has 0 aromatic carbocycles. The van der Waals surface area contributed by atoms with Gasteiger partial charge >= 0.3 is 0 Å². The topological polar surface area (TPSA) is 30.4 Å². The van der Waals surface area contributed by atoms with E-state index in [1.165, 1.54) is 5.56 Å². The molecule has 15 heavy (non-hydrogen) atoms. The van der Waals surface area contributed by atoms with Gasteiger partial charge in [-0.25, -0.2) is 4.98 Å². The van der Waals surface area contributed by atoms with Gasteiger partial charge in [-0.1, -0.05) is 0 Å². The van der Waals surface area contributed by atoms with Gasteiger partial charge in [0.25, 0.3) is 0 Å². The number of rotatable bonds is 1. The Morgan fingerprint density at radius 1 is 1.33 bits per heavy atom. The van der Waals surface area contributed by atoms with Crippen molar-refractivity contribution in [1.82, 2.24) is 9.38 Å². The molecule has 0 spiro atoms. The molecule has 0 aliphatic rings. The summed E-state index contributed by atoms with van der Waals surface area (Å²) in [6, 6.07) is 7.88. The van der Waals surface area contributed by atoms with Gasteiger partial charge in [0.2, 0.25) is 0 Å². The minimum absolute atomic E-state index is 0.802. The number of hydrogen-bond donors (Lipinski definition) is 0. The lowest BCUT2D eigenvalue weighted by Gasteiger charge is -1.92. The average molecular weight is 198 g/mol. The standard InChI is InChI=1S/C12H10N2O/c1-9-4-5-14-8-10(13-12(14)7-9)11-3-2-6-15-11/h2-8H,1H3. The molecule has 0 aliphatic heterocycles. The Labute approximate surface area is 87.0 Å². The van der Waals surface area contributed by atoms with Crippen molar-refractivity contribution >= 4 is 5.65 Å². The van der Waals surface area contributed by atoms with Crippen molar-refractivity contribution in [2.75, 3.05) is 0 Å². The molecule has 0 N–H and O–H groups in total. The van der Waals surface area contributed by atoms with Gasteiger partial charge in [0.05, 0.1) is 6.26 Å². The van der Waals surface area contributed by atoms with Crippen molar-refractivity contribution in [2.45, 2.75) is 6.92 Å². The van der Waals surface area contributed by atoms with Crippen molar-refractivity contribution in [2.24, 2.45) is 0 Å². The van der Waals surface area contributed by atoms with Gasteiger partial charge in [0.1, 0.15) is 11.3 Å². The molecule has 0 aliphatic carbocycles. The fourth-order valence-corrected chi connectivity index (χ4v) is 1.63. The van der Waals surface area contributed by atoms with Crippen LogP contribution in [0.5, 0.6) is 0 Å². The van der Waals surface area contributed by atoms with Crippen LogP contribution in [0.2, 0.25) is 0 Å². The van der Waals surface area contributed by atoms with Crippen LogP contribution in [0.1, 0.15) is 5.56 Å². The summed E-state index contributed by atoms with van der Waals surface area (Å²) >= 11 is 0. The van der Waals surface area contributed by atoms with E-state index < -0.39 is 0 Å². The van der Waals surface area contributed by atoms with E-state index in [9.17, 15) is 0 Å². The molecular weight excluding hydrogens is 188 g/mol. The summed E-state index contributed by atoms with van der Waals surface area (Å²) in [5.74, 6) is 0.802. The summed E-state index contributed by atoms with van der Waals surface area (Å²) in [5, 5.41) is 0. The van der Waals surface area contributed by atoms with Crippen molar-refractivity contribution in [3.8, 4) is 11.5 Å². The fraction of sp³-hybridized carbons (Fsp3) is 0.0833. The van der Waals surface area contributed by atoms with Crippen molar-refractivity contribution in [3.63, 3.8) is 0 Å². The van der Waals surface area contributed by atoms with Crippen LogP contribution in [0, 0.1) is 6.92 Å². The first kappa shape index (κ1) is 8.29. The first-order valence-corrected chi connectivity index (χ1v) is 4.82. The Morgan fingerprint density at radius 2 is 2.27 bits per heavy atom. The van der Waals surface area contributed by atoms with Crippen LogP contribution in [-0.4, -0.2) is 9.38 Å². The number of hydrogen-bond acceptors (Lipinski definition) is 2. The van der Waals surface area contributed by atoms with Crippen molar-refractivity contribution in [1.29, 1.82) is 0 Å². The maximum Gasteiger partial charge on any atom is 0.153 e. The first-order chi connectivity index (χ1) is 7.33. The Morgan fingerprint density at radius 3 is 3.07 bits per heavy atom. The molecule has 3 heteroatoms. The highest BCUT2D eigenvalue weighted by Gasteiger charge is 2.05. The van der Waals surface area contributed by atoms with Gasteiger partial charge in [-0.3, -0.25) is 0 Å². The molecule has 74 valence electrons. The third-order valence-corrected chi connectivity index (χ3v) is 2.39. The molecule has 0 atom stereocenters. The molecule has 0 radical (unpaired) electrons. The first-order valence-electron chi connectivity index (χ1n) is 4.82. The Balaban J connectivity index is 2.22. The molecule has 3 rings (SSSR count). The lowest BCUT2D eigenvalue weighted by Crippen LogP contribution is -1.81. The average Bonchev–Trinajstić information content (AvgIpc) is 2.84. The predicted octanol–water partition coefficient (Wildman–Crippen LogP) is 2.90. The van der Waals surface area contributed by atoms with E-state index in [1.54, 1.807) is 6.26 Å². The second kappa shape index (κ2) is 2.98. The number of fused-ring (bicyclic) bond motifs is 1. The highest BCUT2D eigenvalue weighted by molar-refractivity contribution is 5.57. The molecule has 3 nitrogen and oxygen atoms in total. The van der Waals surface area contributed by atoms with E-state index >= 15 is 0 Å². The van der Waals surface area contributed by atoms with Gasteiger partial charge in [-0.15, -0.1) is 0 Å². The molecule has 0 amide bonds. The molecule has 0 unspecified atom stereocenters. The van der Waals surface area contributed by atoms with Gasteiger partial charge in [0, 0.05) is 12.4 Å². The Hall–Kier alpha value is -2.03. The van der Waals surface area contributed by atoms with Gasteiger partial charge in [-0.2, -0.15) is 0 Å². The summed E-state index contributed by atoms with van der Waals surface area (Å²) in [6.07, 6.45) is 5.63. The Bertz CT molecular complexity index is 593. The summed E-state index contributed by atoms with van der Waals surface area (Å²) in [5.41, 5.74) is 3.02. The number of aromatic nitrogens is 2. The SMILES string of the molecule is Cc1ccn2cc(-c3ccco3)nc2c1. The summed E-state index contributed by atoms with van der Waals surface area (Å²) in [7, 11) is 0. The molecular formula is C12H10N2O. The molecule has 3 heterocycles. The van der Waals surface area contributed by atoms with Crippen LogP contribution >= 0.6 is 0 Å². The van der Waals surface area contributed by atoms with Crippen LogP contribution in [0.25, 0.3) is 17.1 Å². The van der Waals surface area contributed by atoms with Crippen LogP contribution in [0.4, 0.5) is 0 Å². The highest BCUT2D eigenvalue weighted by Crippen LogP contribution is 2.19. The lowest BCUT2D eigenvalue weighted by atomic mass is 10.3. The third-order valence-electron chi connectivity index (χ3n) is 2.39. The van der Waals surface area contributed by atoms with E-state index in [0.717, 1.165) is 17.1 Å². The van der Waals surface area contributed by atoms with Gasteiger partial charge in [0.15, 0.2) is 5.76 Å². The number of pyridine rings is 1. The quantitative estimate of drug-likeness (QED) is 0.601. The summed E-state index contributed by atoms with van der Waals surface area (Å²) < 4.78 is 7.29. The van der Waals surface area contributed by atoms with E-state index in [4.69, 9.17) is 4.42 Å². The zero-order valence-electron chi connectivity index (χ0n) is 8.34. The second-order valence-electron chi connectivity index (χ2n) is 3.57. The smallest absolute Gasteiger partial charge is 0.153 e. The minimum atomic E-state index is 0.802. The summed E-state index contributed by atoms with van der Waals surface area (Å²) in [4.78, 5) is 4.49. The minimum Gasteiger partial charge on any atom is -0.463 e. The highest BCUT2D eigenvalue weighted by atomic mass is 16.3. The number of furan rings is 1. The lowest BCUT2D eigenvalue weighted by molar-refractivity contribution is 0.580. The van der Waals surface area contributed by atoms with E-state index in [1.807, 2.05) is 35.0 Å². The number of imidazole rings is 1. The second-order valence-corrected chi connectivity index (χ2v) is 3.57. The van der Waals surface area contributed by atoms with Crippen LogP contribution in [-0.2, 0) is 0 Å². The number of nitrogens with zero attached hydrogens (tertiary/aromatic N) is 2. The Kier molecular flexibility index (Phi) is 1.65.